The van der Waals surface area contributed by atoms with Crippen LogP contribution < -0.4 is 14.8 Å². The summed E-state index contributed by atoms with van der Waals surface area (Å²) < 4.78 is 74.3. The van der Waals surface area contributed by atoms with Gasteiger partial charge in [0.15, 0.2) is 17.3 Å². The van der Waals surface area contributed by atoms with Gasteiger partial charge in [0.2, 0.25) is 5.91 Å². The highest BCUT2D eigenvalue weighted by atomic mass is 19.4. The zero-order valence-corrected chi connectivity index (χ0v) is 17.9. The summed E-state index contributed by atoms with van der Waals surface area (Å²) in [7, 11) is 0. The minimum absolute atomic E-state index is 0.0800. The molecule has 0 aliphatic rings. The highest BCUT2D eigenvalue weighted by Gasteiger charge is 2.30. The number of hydrogen-bond donors (Lipinski definition) is 1. The fraction of sp³-hybridized carbons (Fsp3) is 0.227. The van der Waals surface area contributed by atoms with Gasteiger partial charge in [0.05, 0.1) is 17.9 Å². The van der Waals surface area contributed by atoms with Crippen molar-refractivity contribution >= 4 is 17.8 Å². The van der Waals surface area contributed by atoms with Crippen LogP contribution in [0, 0.1) is 6.92 Å². The fourth-order valence-corrected chi connectivity index (χ4v) is 2.87. The van der Waals surface area contributed by atoms with Gasteiger partial charge in [0, 0.05) is 18.3 Å². The molecular formula is C22H19F5N4O3. The number of carbonyl (C=O) groups excluding carboxylic acids is 1. The Labute approximate surface area is 190 Å². The van der Waals surface area contributed by atoms with Gasteiger partial charge in [-0.1, -0.05) is 6.07 Å². The van der Waals surface area contributed by atoms with Gasteiger partial charge in [-0.2, -0.15) is 31.7 Å². The number of anilines is 1. The summed E-state index contributed by atoms with van der Waals surface area (Å²) in [6.45, 7) is 0.524. The van der Waals surface area contributed by atoms with E-state index in [1.165, 1.54) is 41.1 Å². The van der Waals surface area contributed by atoms with Gasteiger partial charge in [-0.3, -0.25) is 4.79 Å². The van der Waals surface area contributed by atoms with E-state index in [0.717, 1.165) is 12.1 Å². The lowest BCUT2D eigenvalue weighted by Crippen LogP contribution is -2.13. The average molecular weight is 482 g/mol. The number of rotatable bonds is 8. The molecule has 0 spiro atoms. The molecule has 0 bridgehead atoms. The largest absolute Gasteiger partial charge is 0.490 e. The molecule has 0 unspecified atom stereocenters. The Morgan fingerprint density at radius 2 is 1.94 bits per heavy atom. The number of ether oxygens (including phenoxy) is 2. The first-order valence-electron chi connectivity index (χ1n) is 9.88. The van der Waals surface area contributed by atoms with Crippen molar-refractivity contribution in [3.05, 3.63) is 65.5 Å². The molecule has 3 rings (SSSR count). The Kier molecular flexibility index (Phi) is 7.49. The molecule has 3 aromatic rings. The molecule has 0 radical (unpaired) electrons. The van der Waals surface area contributed by atoms with Crippen LogP contribution in [0.3, 0.4) is 0 Å². The van der Waals surface area contributed by atoms with Crippen LogP contribution in [-0.4, -0.2) is 33.9 Å². The zero-order chi connectivity index (χ0) is 24.9. The molecular weight excluding hydrogens is 463 g/mol. The van der Waals surface area contributed by atoms with Crippen LogP contribution in [0.1, 0.15) is 23.7 Å². The summed E-state index contributed by atoms with van der Waals surface area (Å²) in [4.78, 5) is 16.2. The number of halogens is 5. The summed E-state index contributed by atoms with van der Waals surface area (Å²) in [6, 6.07) is 7.72. The van der Waals surface area contributed by atoms with Gasteiger partial charge < -0.3 is 14.8 Å². The molecule has 0 saturated carbocycles. The number of amides is 1. The topological polar surface area (TPSA) is 78.3 Å². The van der Waals surface area contributed by atoms with Crippen molar-refractivity contribution in [2.24, 2.45) is 0 Å². The van der Waals surface area contributed by atoms with Crippen molar-refractivity contribution < 1.29 is 36.2 Å². The molecule has 1 N–H and O–H groups in total. The molecule has 1 aromatic carbocycles. The van der Waals surface area contributed by atoms with E-state index in [1.807, 2.05) is 0 Å². The highest BCUT2D eigenvalue weighted by Crippen LogP contribution is 2.31. The van der Waals surface area contributed by atoms with Crippen molar-refractivity contribution in [3.8, 4) is 17.3 Å². The minimum Gasteiger partial charge on any atom is -0.490 e. The Balaban J connectivity index is 1.76. The maximum atomic E-state index is 12.8. The number of aromatic nitrogens is 3. The van der Waals surface area contributed by atoms with E-state index in [0.29, 0.717) is 17.5 Å². The first-order chi connectivity index (χ1) is 16.1. The zero-order valence-electron chi connectivity index (χ0n) is 17.9. The third-order valence-corrected chi connectivity index (χ3v) is 4.29. The average Bonchev–Trinajstić information content (AvgIpc) is 3.13. The molecule has 7 nitrogen and oxygen atoms in total. The van der Waals surface area contributed by atoms with Crippen molar-refractivity contribution in [2.75, 3.05) is 11.9 Å². The Hall–Kier alpha value is -3.96. The lowest BCUT2D eigenvalue weighted by atomic mass is 10.2. The number of hydrogen-bond acceptors (Lipinski definition) is 5. The molecule has 180 valence electrons. The SMILES string of the molecule is CCOc1cc(C=CC(=O)Nc2cc(C)nn2-c2ccc(C(F)(F)F)cn2)ccc1OC(F)F. The Bertz CT molecular complexity index is 1170. The molecule has 0 aliphatic heterocycles. The molecule has 2 aromatic heterocycles. The summed E-state index contributed by atoms with van der Waals surface area (Å²) in [5, 5.41) is 6.73. The van der Waals surface area contributed by atoms with Crippen LogP contribution in [0.4, 0.5) is 27.8 Å². The van der Waals surface area contributed by atoms with E-state index in [-0.39, 0.29) is 29.7 Å². The summed E-state index contributed by atoms with van der Waals surface area (Å²) in [5.74, 6) is -0.348. The number of alkyl halides is 5. The fourth-order valence-electron chi connectivity index (χ4n) is 2.87. The van der Waals surface area contributed by atoms with Crippen molar-refractivity contribution in [1.29, 1.82) is 0 Å². The van der Waals surface area contributed by atoms with Gasteiger partial charge in [0.1, 0.15) is 5.82 Å². The third-order valence-electron chi connectivity index (χ3n) is 4.29. The normalized spacial score (nSPS) is 11.8. The van der Waals surface area contributed by atoms with E-state index in [2.05, 4.69) is 20.1 Å². The van der Waals surface area contributed by atoms with Crippen molar-refractivity contribution in [3.63, 3.8) is 0 Å². The molecule has 34 heavy (non-hydrogen) atoms. The first kappa shape index (κ1) is 24.7. The number of pyridine rings is 1. The van der Waals surface area contributed by atoms with Gasteiger partial charge in [-0.25, -0.2) is 4.98 Å². The number of carbonyl (C=O) groups is 1. The van der Waals surface area contributed by atoms with Crippen LogP contribution in [0.5, 0.6) is 11.5 Å². The monoisotopic (exact) mass is 482 g/mol. The maximum absolute atomic E-state index is 12.8. The van der Waals surface area contributed by atoms with E-state index in [9.17, 15) is 26.7 Å². The van der Waals surface area contributed by atoms with Gasteiger partial charge >= 0.3 is 12.8 Å². The molecule has 1 amide bonds. The van der Waals surface area contributed by atoms with Crippen molar-refractivity contribution in [2.45, 2.75) is 26.6 Å². The quantitative estimate of drug-likeness (QED) is 0.351. The number of benzene rings is 1. The standard InChI is InChI=1S/C22H19F5N4O3/c1-3-33-17-11-14(4-7-16(17)34-21(23)24)5-9-20(32)29-19-10-13(2)30-31(19)18-8-6-15(12-28-18)22(25,26)27/h4-12,21H,3H2,1-2H3,(H,29,32). The van der Waals surface area contributed by atoms with E-state index >= 15 is 0 Å². The molecule has 0 aliphatic carbocycles. The van der Waals surface area contributed by atoms with Crippen LogP contribution in [0.25, 0.3) is 11.9 Å². The Morgan fingerprint density at radius 3 is 2.56 bits per heavy atom. The van der Waals surface area contributed by atoms with Gasteiger partial charge in [-0.15, -0.1) is 0 Å². The van der Waals surface area contributed by atoms with Crippen LogP contribution in [0.15, 0.2) is 48.7 Å². The predicted molar refractivity (Wildman–Crippen MR) is 113 cm³/mol. The molecule has 2 heterocycles. The van der Waals surface area contributed by atoms with E-state index in [4.69, 9.17) is 4.74 Å². The van der Waals surface area contributed by atoms with Crippen molar-refractivity contribution in [1.82, 2.24) is 14.8 Å². The predicted octanol–water partition coefficient (Wildman–Crippen LogP) is 5.25. The Morgan fingerprint density at radius 1 is 1.18 bits per heavy atom. The second-order valence-corrected chi connectivity index (χ2v) is 6.83. The van der Waals surface area contributed by atoms with E-state index in [1.54, 1.807) is 13.8 Å². The first-order valence-corrected chi connectivity index (χ1v) is 9.88. The summed E-state index contributed by atoms with van der Waals surface area (Å²) in [5.41, 5.74) is 0.0660. The number of aryl methyl sites for hydroxylation is 1. The number of nitrogens with zero attached hydrogens (tertiary/aromatic N) is 3. The smallest absolute Gasteiger partial charge is 0.417 e. The third kappa shape index (κ3) is 6.30. The number of nitrogens with one attached hydrogen (secondary N) is 1. The molecule has 0 atom stereocenters. The lowest BCUT2D eigenvalue weighted by molar-refractivity contribution is -0.137. The lowest BCUT2D eigenvalue weighted by Gasteiger charge is -2.11. The van der Waals surface area contributed by atoms with Crippen LogP contribution >= 0.6 is 0 Å². The highest BCUT2D eigenvalue weighted by molar-refractivity contribution is 6.01. The van der Waals surface area contributed by atoms with Gasteiger partial charge in [-0.05, 0) is 49.8 Å². The summed E-state index contributed by atoms with van der Waals surface area (Å²) >= 11 is 0. The van der Waals surface area contributed by atoms with Gasteiger partial charge in [0.25, 0.3) is 0 Å². The molecule has 0 fully saturated rings. The second kappa shape index (κ2) is 10.3. The molecule has 12 heteroatoms. The van der Waals surface area contributed by atoms with Crippen LogP contribution in [-0.2, 0) is 11.0 Å². The van der Waals surface area contributed by atoms with Crippen LogP contribution in [0.2, 0.25) is 0 Å². The molecule has 0 saturated heterocycles. The summed E-state index contributed by atoms with van der Waals surface area (Å²) in [6.07, 6.45) is -1.24. The second-order valence-electron chi connectivity index (χ2n) is 6.83. The van der Waals surface area contributed by atoms with E-state index < -0.39 is 24.3 Å². The maximum Gasteiger partial charge on any atom is 0.417 e. The minimum atomic E-state index is -4.53.